The van der Waals surface area contributed by atoms with Crippen LogP contribution in [0.4, 0.5) is 5.82 Å². The molecule has 1 atom stereocenters. The highest BCUT2D eigenvalue weighted by Crippen LogP contribution is 2.28. The third-order valence-electron chi connectivity index (χ3n) is 5.86. The first kappa shape index (κ1) is 22.0. The number of aryl methyl sites for hydroxylation is 1. The molecule has 1 amide bonds. The number of aromatic nitrogens is 6. The first-order valence-corrected chi connectivity index (χ1v) is 11.5. The molecule has 9 heteroatoms. The van der Waals surface area contributed by atoms with Gasteiger partial charge in [0.05, 0.1) is 12.0 Å². The van der Waals surface area contributed by atoms with E-state index in [0.29, 0.717) is 18.9 Å². The molecule has 0 spiro atoms. The minimum Gasteiger partial charge on any atom is -0.356 e. The molecule has 1 unspecified atom stereocenters. The van der Waals surface area contributed by atoms with Gasteiger partial charge in [0.15, 0.2) is 0 Å². The molecule has 170 valence electrons. The van der Waals surface area contributed by atoms with Crippen molar-refractivity contribution in [2.45, 2.75) is 64.5 Å². The summed E-state index contributed by atoms with van der Waals surface area (Å²) in [6, 6.07) is 2.22. The summed E-state index contributed by atoms with van der Waals surface area (Å²) in [7, 11) is 0. The molecule has 32 heavy (non-hydrogen) atoms. The third-order valence-corrected chi connectivity index (χ3v) is 5.86. The normalized spacial score (nSPS) is 16.5. The predicted octanol–water partition coefficient (Wildman–Crippen LogP) is 2.94. The van der Waals surface area contributed by atoms with Crippen LogP contribution >= 0.6 is 0 Å². The maximum Gasteiger partial charge on any atom is 0.237 e. The molecule has 1 N–H and O–H groups in total. The highest BCUT2D eigenvalue weighted by atomic mass is 16.1. The summed E-state index contributed by atoms with van der Waals surface area (Å²) in [5.74, 6) is 1.89. The van der Waals surface area contributed by atoms with E-state index in [1.54, 1.807) is 25.0 Å². The van der Waals surface area contributed by atoms with Gasteiger partial charge in [-0.05, 0) is 31.6 Å². The zero-order valence-corrected chi connectivity index (χ0v) is 18.9. The van der Waals surface area contributed by atoms with Crippen molar-refractivity contribution < 1.29 is 4.79 Å². The Morgan fingerprint density at radius 2 is 2.00 bits per heavy atom. The summed E-state index contributed by atoms with van der Waals surface area (Å²) >= 11 is 0. The fraction of sp³-hybridized carbons (Fsp3) is 0.522. The lowest BCUT2D eigenvalue weighted by molar-refractivity contribution is -0.121. The third kappa shape index (κ3) is 5.52. The number of carbonyl (C=O) groups is 1. The van der Waals surface area contributed by atoms with E-state index in [9.17, 15) is 4.79 Å². The molecule has 4 rings (SSSR count). The van der Waals surface area contributed by atoms with Crippen LogP contribution in [0.25, 0.3) is 5.95 Å². The molecule has 0 radical (unpaired) electrons. The number of amides is 1. The van der Waals surface area contributed by atoms with E-state index < -0.39 is 0 Å². The number of piperidine rings is 1. The molecule has 1 saturated heterocycles. The van der Waals surface area contributed by atoms with Gasteiger partial charge in [-0.2, -0.15) is 4.98 Å². The van der Waals surface area contributed by atoms with Gasteiger partial charge in [-0.15, -0.1) is 0 Å². The quantitative estimate of drug-likeness (QED) is 0.519. The maximum atomic E-state index is 12.7. The summed E-state index contributed by atoms with van der Waals surface area (Å²) in [4.78, 5) is 32.7. The van der Waals surface area contributed by atoms with Crippen molar-refractivity contribution in [3.05, 3.63) is 49.2 Å². The van der Waals surface area contributed by atoms with Crippen LogP contribution < -0.4 is 10.2 Å². The zero-order chi connectivity index (χ0) is 22.3. The largest absolute Gasteiger partial charge is 0.356 e. The van der Waals surface area contributed by atoms with Gasteiger partial charge in [0.1, 0.15) is 12.1 Å². The van der Waals surface area contributed by atoms with Crippen molar-refractivity contribution in [2.24, 2.45) is 0 Å². The molecule has 3 aromatic heterocycles. The van der Waals surface area contributed by atoms with E-state index in [4.69, 9.17) is 9.97 Å². The Balaban J connectivity index is 1.43. The Morgan fingerprint density at radius 1 is 1.16 bits per heavy atom. The van der Waals surface area contributed by atoms with Gasteiger partial charge < -0.3 is 14.8 Å². The SMILES string of the molecule is CC(C)c1cc(N2CCCCC2CC(=O)NCCCn2ccnc2)nc(-n2ccnc2)n1. The van der Waals surface area contributed by atoms with Crippen molar-refractivity contribution >= 4 is 11.7 Å². The zero-order valence-electron chi connectivity index (χ0n) is 18.9. The molecule has 0 bridgehead atoms. The van der Waals surface area contributed by atoms with E-state index >= 15 is 0 Å². The van der Waals surface area contributed by atoms with E-state index in [1.807, 2.05) is 21.5 Å². The summed E-state index contributed by atoms with van der Waals surface area (Å²) in [5, 5.41) is 3.08. The Labute approximate surface area is 188 Å². The van der Waals surface area contributed by atoms with E-state index in [-0.39, 0.29) is 17.9 Å². The lowest BCUT2D eigenvalue weighted by Crippen LogP contribution is -2.43. The molecular weight excluding hydrogens is 404 g/mol. The van der Waals surface area contributed by atoms with Crippen LogP contribution in [-0.4, -0.2) is 54.1 Å². The lowest BCUT2D eigenvalue weighted by Gasteiger charge is -2.36. The standard InChI is InChI=1S/C23H32N8O/c1-18(2)20-15-21(28-23(27-20)30-13-9-25-17-30)31-11-4-3-6-19(31)14-22(32)26-7-5-10-29-12-8-24-16-29/h8-9,12-13,15-19H,3-7,10-11,14H2,1-2H3,(H,26,32). The minimum atomic E-state index is 0.0977. The lowest BCUT2D eigenvalue weighted by atomic mass is 9.98. The fourth-order valence-electron chi connectivity index (χ4n) is 4.08. The highest BCUT2D eigenvalue weighted by molar-refractivity contribution is 5.77. The molecule has 0 saturated carbocycles. The van der Waals surface area contributed by atoms with Crippen molar-refractivity contribution in [1.82, 2.24) is 34.4 Å². The maximum absolute atomic E-state index is 12.7. The number of imidazole rings is 2. The van der Waals surface area contributed by atoms with Crippen LogP contribution in [0.2, 0.25) is 0 Å². The summed E-state index contributed by atoms with van der Waals surface area (Å²) in [6.07, 6.45) is 15.4. The smallest absolute Gasteiger partial charge is 0.237 e. The van der Waals surface area contributed by atoms with Gasteiger partial charge in [-0.3, -0.25) is 9.36 Å². The Hall–Kier alpha value is -3.23. The number of carbonyl (C=O) groups excluding carboxylic acids is 1. The Bertz CT molecular complexity index is 984. The van der Waals surface area contributed by atoms with Gasteiger partial charge in [0.2, 0.25) is 11.9 Å². The summed E-state index contributed by atoms with van der Waals surface area (Å²) in [6.45, 7) is 6.69. The second kappa shape index (κ2) is 10.4. The monoisotopic (exact) mass is 436 g/mol. The van der Waals surface area contributed by atoms with E-state index in [1.165, 1.54) is 0 Å². The molecule has 1 aliphatic rings. The molecule has 0 aliphatic carbocycles. The molecule has 4 heterocycles. The van der Waals surface area contributed by atoms with Gasteiger partial charge in [-0.1, -0.05) is 13.8 Å². The Morgan fingerprint density at radius 3 is 2.75 bits per heavy atom. The van der Waals surface area contributed by atoms with Crippen molar-refractivity contribution in [1.29, 1.82) is 0 Å². The highest BCUT2D eigenvalue weighted by Gasteiger charge is 2.27. The van der Waals surface area contributed by atoms with Crippen LogP contribution in [0.15, 0.2) is 43.5 Å². The molecular formula is C23H32N8O. The number of hydrogen-bond acceptors (Lipinski definition) is 6. The number of rotatable bonds is 9. The van der Waals surface area contributed by atoms with Crippen molar-refractivity contribution in [3.63, 3.8) is 0 Å². The van der Waals surface area contributed by atoms with Crippen LogP contribution in [-0.2, 0) is 11.3 Å². The van der Waals surface area contributed by atoms with Crippen LogP contribution in [0.1, 0.15) is 57.6 Å². The van der Waals surface area contributed by atoms with Crippen LogP contribution in [0, 0.1) is 0 Å². The summed E-state index contributed by atoms with van der Waals surface area (Å²) < 4.78 is 3.86. The number of nitrogens with zero attached hydrogens (tertiary/aromatic N) is 7. The average Bonchev–Trinajstić information content (AvgIpc) is 3.51. The number of anilines is 1. The predicted molar refractivity (Wildman–Crippen MR) is 123 cm³/mol. The average molecular weight is 437 g/mol. The first-order valence-electron chi connectivity index (χ1n) is 11.5. The second-order valence-corrected chi connectivity index (χ2v) is 8.63. The van der Waals surface area contributed by atoms with Crippen LogP contribution in [0.3, 0.4) is 0 Å². The molecule has 0 aromatic carbocycles. The summed E-state index contributed by atoms with van der Waals surface area (Å²) in [5.41, 5.74) is 0.993. The van der Waals surface area contributed by atoms with E-state index in [0.717, 1.165) is 50.3 Å². The number of hydrogen-bond donors (Lipinski definition) is 1. The molecule has 3 aromatic rings. The van der Waals surface area contributed by atoms with E-state index in [2.05, 4.69) is 40.1 Å². The first-order chi connectivity index (χ1) is 15.6. The van der Waals surface area contributed by atoms with Gasteiger partial charge >= 0.3 is 0 Å². The van der Waals surface area contributed by atoms with Gasteiger partial charge in [0, 0.05) is 63.0 Å². The number of nitrogens with one attached hydrogen (secondary N) is 1. The fourth-order valence-corrected chi connectivity index (χ4v) is 4.08. The molecule has 1 fully saturated rings. The van der Waals surface area contributed by atoms with Gasteiger partial charge in [-0.25, -0.2) is 15.0 Å². The van der Waals surface area contributed by atoms with Crippen molar-refractivity contribution in [2.75, 3.05) is 18.0 Å². The molecule has 1 aliphatic heterocycles. The van der Waals surface area contributed by atoms with Crippen LogP contribution in [0.5, 0.6) is 0 Å². The second-order valence-electron chi connectivity index (χ2n) is 8.63. The minimum absolute atomic E-state index is 0.0977. The van der Waals surface area contributed by atoms with Crippen molar-refractivity contribution in [3.8, 4) is 5.95 Å². The Kier molecular flexibility index (Phi) is 7.14. The topological polar surface area (TPSA) is 93.8 Å². The van der Waals surface area contributed by atoms with Gasteiger partial charge in [0.25, 0.3) is 0 Å². The molecule has 9 nitrogen and oxygen atoms in total.